The summed E-state index contributed by atoms with van der Waals surface area (Å²) in [5.41, 5.74) is -0.332. The van der Waals surface area contributed by atoms with E-state index >= 15 is 0 Å². The summed E-state index contributed by atoms with van der Waals surface area (Å²) >= 11 is 0. The maximum Gasteiger partial charge on any atom is 0.230 e. The smallest absolute Gasteiger partial charge is 0.230 e. The molecule has 3 aliphatic rings. The van der Waals surface area contributed by atoms with E-state index in [0.29, 0.717) is 37.7 Å². The topological polar surface area (TPSA) is 82.2 Å². The van der Waals surface area contributed by atoms with E-state index in [2.05, 4.69) is 20.1 Å². The van der Waals surface area contributed by atoms with Crippen LogP contribution in [-0.4, -0.2) is 63.0 Å². The Morgan fingerprint density at radius 3 is 2.76 bits per heavy atom. The first kappa shape index (κ1) is 20.4. The summed E-state index contributed by atoms with van der Waals surface area (Å²) in [6, 6.07) is 0. The van der Waals surface area contributed by atoms with Crippen molar-refractivity contribution in [2.75, 3.05) is 26.2 Å². The van der Waals surface area contributed by atoms with E-state index in [-0.39, 0.29) is 11.3 Å². The van der Waals surface area contributed by atoms with Crippen LogP contribution in [0.3, 0.4) is 0 Å². The summed E-state index contributed by atoms with van der Waals surface area (Å²) in [6.07, 6.45) is 11.7. The number of aryl methyl sites for hydroxylation is 2. The molecule has 1 aromatic rings. The number of hydrogen-bond acceptors (Lipinski definition) is 4. The van der Waals surface area contributed by atoms with E-state index in [0.717, 1.165) is 50.5 Å². The maximum atomic E-state index is 13.3. The highest BCUT2D eigenvalue weighted by Crippen LogP contribution is 2.40. The number of H-pyrrole nitrogens is 1. The molecule has 1 aliphatic carbocycles. The van der Waals surface area contributed by atoms with Crippen molar-refractivity contribution in [1.29, 1.82) is 0 Å². The van der Waals surface area contributed by atoms with Crippen LogP contribution in [-0.2, 0) is 16.0 Å². The number of nitrogens with one attached hydrogen (secondary N) is 1. The van der Waals surface area contributed by atoms with Crippen LogP contribution in [0.25, 0.3) is 0 Å². The second kappa shape index (κ2) is 8.84. The molecule has 0 radical (unpaired) electrons. The molecule has 160 valence electrons. The molecule has 3 heterocycles. The Morgan fingerprint density at radius 2 is 2.00 bits per heavy atom. The van der Waals surface area contributed by atoms with Gasteiger partial charge in [-0.1, -0.05) is 32.1 Å². The van der Waals surface area contributed by atoms with Crippen LogP contribution in [0.2, 0.25) is 0 Å². The molecule has 0 bridgehead atoms. The van der Waals surface area contributed by atoms with Crippen molar-refractivity contribution in [3.63, 3.8) is 0 Å². The number of carbonyl (C=O) groups is 2. The van der Waals surface area contributed by atoms with Crippen LogP contribution < -0.4 is 0 Å². The third-order valence-corrected chi connectivity index (χ3v) is 7.27. The molecule has 1 N–H and O–H groups in total. The predicted molar refractivity (Wildman–Crippen MR) is 110 cm³/mol. The van der Waals surface area contributed by atoms with Gasteiger partial charge in [-0.15, -0.1) is 0 Å². The van der Waals surface area contributed by atoms with Gasteiger partial charge in [-0.2, -0.15) is 5.10 Å². The third-order valence-electron chi connectivity index (χ3n) is 7.27. The van der Waals surface area contributed by atoms with Gasteiger partial charge in [0.1, 0.15) is 5.82 Å². The number of piperidine rings is 1. The number of likely N-dealkylation sites (tertiary alicyclic amines) is 2. The van der Waals surface area contributed by atoms with Crippen LogP contribution in [0, 0.1) is 18.3 Å². The average Bonchev–Trinajstić information content (AvgIpc) is 3.35. The lowest BCUT2D eigenvalue weighted by molar-refractivity contribution is -0.146. The molecule has 2 saturated heterocycles. The van der Waals surface area contributed by atoms with Gasteiger partial charge in [-0.3, -0.25) is 14.7 Å². The monoisotopic (exact) mass is 401 g/mol. The van der Waals surface area contributed by atoms with Crippen molar-refractivity contribution in [1.82, 2.24) is 25.0 Å². The maximum absolute atomic E-state index is 13.3. The van der Waals surface area contributed by atoms with Crippen molar-refractivity contribution >= 4 is 11.8 Å². The lowest BCUT2D eigenvalue weighted by Gasteiger charge is -2.40. The first-order valence-electron chi connectivity index (χ1n) is 11.5. The van der Waals surface area contributed by atoms with Crippen LogP contribution in [0.4, 0.5) is 0 Å². The van der Waals surface area contributed by atoms with Crippen molar-refractivity contribution < 1.29 is 9.59 Å². The Labute approximate surface area is 173 Å². The van der Waals surface area contributed by atoms with Gasteiger partial charge in [0.15, 0.2) is 5.82 Å². The Hall–Kier alpha value is -1.92. The highest BCUT2D eigenvalue weighted by Gasteiger charge is 2.49. The first-order valence-corrected chi connectivity index (χ1v) is 11.5. The van der Waals surface area contributed by atoms with E-state index in [4.69, 9.17) is 0 Å². The van der Waals surface area contributed by atoms with E-state index < -0.39 is 0 Å². The number of hydrogen-bond donors (Lipinski definition) is 1. The first-order chi connectivity index (χ1) is 14.1. The number of rotatable bonds is 6. The molecular formula is C22H35N5O2. The summed E-state index contributed by atoms with van der Waals surface area (Å²) in [7, 11) is 0. The van der Waals surface area contributed by atoms with Crippen molar-refractivity contribution in [2.45, 2.75) is 77.6 Å². The van der Waals surface area contributed by atoms with Crippen LogP contribution in [0.15, 0.2) is 0 Å². The van der Waals surface area contributed by atoms with Crippen LogP contribution in [0.1, 0.15) is 75.9 Å². The minimum Gasteiger partial charge on any atom is -0.342 e. The number of aromatic nitrogens is 3. The lowest BCUT2D eigenvalue weighted by Crippen LogP contribution is -2.50. The van der Waals surface area contributed by atoms with Gasteiger partial charge in [-0.25, -0.2) is 4.98 Å². The Balaban J connectivity index is 1.29. The van der Waals surface area contributed by atoms with Crippen LogP contribution in [0.5, 0.6) is 0 Å². The van der Waals surface area contributed by atoms with Crippen LogP contribution >= 0.6 is 0 Å². The third kappa shape index (κ3) is 4.64. The van der Waals surface area contributed by atoms with Gasteiger partial charge in [0.25, 0.3) is 0 Å². The van der Waals surface area contributed by atoms with E-state index in [1.165, 1.54) is 32.1 Å². The molecule has 7 heteroatoms. The van der Waals surface area contributed by atoms with Gasteiger partial charge in [0, 0.05) is 39.0 Å². The second-order valence-electron chi connectivity index (χ2n) is 9.37. The summed E-state index contributed by atoms with van der Waals surface area (Å²) < 4.78 is 0. The number of carbonyl (C=O) groups excluding carboxylic acids is 2. The van der Waals surface area contributed by atoms with Crippen molar-refractivity contribution in [2.24, 2.45) is 11.3 Å². The Morgan fingerprint density at radius 1 is 1.17 bits per heavy atom. The molecule has 7 nitrogen and oxygen atoms in total. The standard InChI is InChI=1S/C22H35N5O2/c1-17-23-19(25-24-17)8-9-20(28)27-15-12-22(16-27)11-5-13-26(21(22)29)14-10-18-6-3-2-4-7-18/h18H,2-16H2,1H3,(H,23,24,25)/t22-/m1/s1. The minimum absolute atomic E-state index is 0.122. The normalized spacial score (nSPS) is 25.9. The van der Waals surface area contributed by atoms with E-state index in [1.54, 1.807) is 0 Å². The predicted octanol–water partition coefficient (Wildman–Crippen LogP) is 2.86. The zero-order valence-electron chi connectivity index (χ0n) is 17.8. The Kier molecular flexibility index (Phi) is 6.20. The molecule has 0 aromatic carbocycles. The summed E-state index contributed by atoms with van der Waals surface area (Å²) in [4.78, 5) is 34.3. The fraction of sp³-hybridized carbons (Fsp3) is 0.818. The molecule has 29 heavy (non-hydrogen) atoms. The fourth-order valence-corrected chi connectivity index (χ4v) is 5.52. The molecular weight excluding hydrogens is 366 g/mol. The Bertz CT molecular complexity index is 727. The van der Waals surface area contributed by atoms with Gasteiger partial charge >= 0.3 is 0 Å². The lowest BCUT2D eigenvalue weighted by atomic mass is 9.78. The molecule has 0 unspecified atom stereocenters. The highest BCUT2D eigenvalue weighted by molar-refractivity contribution is 5.86. The van der Waals surface area contributed by atoms with Gasteiger partial charge in [0.05, 0.1) is 5.41 Å². The summed E-state index contributed by atoms with van der Waals surface area (Å²) in [5.74, 6) is 2.69. The zero-order valence-corrected chi connectivity index (χ0v) is 17.8. The molecule has 1 spiro atoms. The largest absolute Gasteiger partial charge is 0.342 e. The molecule has 2 amide bonds. The zero-order chi connectivity index (χ0) is 20.3. The minimum atomic E-state index is -0.332. The SMILES string of the molecule is Cc1nc(CCC(=O)N2CC[C@]3(CCCN(CCC4CCCCC4)C3=O)C2)n[nH]1. The summed E-state index contributed by atoms with van der Waals surface area (Å²) in [6.45, 7) is 4.96. The number of amides is 2. The van der Waals surface area contributed by atoms with Gasteiger partial charge < -0.3 is 9.80 Å². The molecule has 2 aliphatic heterocycles. The molecule has 1 aromatic heterocycles. The molecule has 3 fully saturated rings. The second-order valence-corrected chi connectivity index (χ2v) is 9.37. The van der Waals surface area contributed by atoms with E-state index in [1.807, 2.05) is 11.8 Å². The quantitative estimate of drug-likeness (QED) is 0.795. The van der Waals surface area contributed by atoms with Crippen molar-refractivity contribution in [3.05, 3.63) is 11.6 Å². The number of aromatic amines is 1. The average molecular weight is 402 g/mol. The van der Waals surface area contributed by atoms with Gasteiger partial charge in [0.2, 0.25) is 11.8 Å². The molecule has 1 saturated carbocycles. The number of nitrogens with zero attached hydrogens (tertiary/aromatic N) is 4. The van der Waals surface area contributed by atoms with Crippen molar-refractivity contribution in [3.8, 4) is 0 Å². The molecule has 4 rings (SSSR count). The fourth-order valence-electron chi connectivity index (χ4n) is 5.52. The highest BCUT2D eigenvalue weighted by atomic mass is 16.2. The molecule has 1 atom stereocenters. The van der Waals surface area contributed by atoms with E-state index in [9.17, 15) is 9.59 Å². The van der Waals surface area contributed by atoms with Gasteiger partial charge in [-0.05, 0) is 38.5 Å². The summed E-state index contributed by atoms with van der Waals surface area (Å²) in [5, 5.41) is 6.93.